The molecule has 2 saturated heterocycles. The van der Waals surface area contributed by atoms with E-state index in [1.807, 2.05) is 45.9 Å². The van der Waals surface area contributed by atoms with Gasteiger partial charge in [0, 0.05) is 32.1 Å². The van der Waals surface area contributed by atoms with Crippen molar-refractivity contribution >= 4 is 23.4 Å². The molecule has 2 heterocycles. The summed E-state index contributed by atoms with van der Waals surface area (Å²) in [6, 6.07) is 17.0. The molecule has 3 amide bonds. The number of hydrogen-bond donors (Lipinski definition) is 0. The first-order valence-corrected chi connectivity index (χ1v) is 12.6. The van der Waals surface area contributed by atoms with Crippen molar-refractivity contribution in [1.82, 2.24) is 9.80 Å². The van der Waals surface area contributed by atoms with E-state index in [-0.39, 0.29) is 35.6 Å². The Balaban J connectivity index is 1.52. The highest BCUT2D eigenvalue weighted by atomic mass is 16.2. The molecule has 186 valence electrons. The van der Waals surface area contributed by atoms with Crippen LogP contribution in [-0.2, 0) is 20.9 Å². The number of imide groups is 1. The summed E-state index contributed by atoms with van der Waals surface area (Å²) in [6.07, 6.45) is 1.99. The normalized spacial score (nSPS) is 19.9. The summed E-state index contributed by atoms with van der Waals surface area (Å²) in [4.78, 5) is 45.6. The molecule has 0 saturated carbocycles. The first-order chi connectivity index (χ1) is 16.6. The van der Waals surface area contributed by atoms with Crippen LogP contribution >= 0.6 is 0 Å². The van der Waals surface area contributed by atoms with E-state index in [2.05, 4.69) is 29.2 Å². The molecule has 0 aliphatic carbocycles. The van der Waals surface area contributed by atoms with E-state index in [1.165, 1.54) is 10.5 Å². The molecular weight excluding hydrogens is 438 g/mol. The summed E-state index contributed by atoms with van der Waals surface area (Å²) in [5.74, 6) is -0.553. The zero-order chi connectivity index (χ0) is 25.2. The summed E-state index contributed by atoms with van der Waals surface area (Å²) in [5, 5.41) is 0. The van der Waals surface area contributed by atoms with Gasteiger partial charge in [-0.25, -0.2) is 4.90 Å². The summed E-state index contributed by atoms with van der Waals surface area (Å²) in [7, 11) is 0. The fraction of sp³-hybridized carbons (Fsp3) is 0.483. The zero-order valence-electron chi connectivity index (χ0n) is 21.4. The monoisotopic (exact) mass is 475 g/mol. The van der Waals surface area contributed by atoms with Gasteiger partial charge < -0.3 is 4.90 Å². The summed E-state index contributed by atoms with van der Waals surface area (Å²) < 4.78 is 0. The predicted molar refractivity (Wildman–Crippen MR) is 138 cm³/mol. The third-order valence-corrected chi connectivity index (χ3v) is 6.92. The lowest BCUT2D eigenvalue weighted by Crippen LogP contribution is -2.54. The summed E-state index contributed by atoms with van der Waals surface area (Å²) in [6.45, 7) is 10.7. The van der Waals surface area contributed by atoms with Gasteiger partial charge in [-0.1, -0.05) is 68.8 Å². The molecule has 2 aromatic rings. The number of aryl methyl sites for hydroxylation is 1. The number of hydrogen-bond acceptors (Lipinski definition) is 4. The van der Waals surface area contributed by atoms with Gasteiger partial charge in [-0.05, 0) is 42.9 Å². The van der Waals surface area contributed by atoms with Crippen LogP contribution in [0, 0.1) is 12.3 Å². The molecule has 6 nitrogen and oxygen atoms in total. The number of piperidine rings is 1. The molecule has 0 aromatic heterocycles. The maximum absolute atomic E-state index is 13.6. The van der Waals surface area contributed by atoms with Crippen molar-refractivity contribution in [3.05, 3.63) is 65.7 Å². The summed E-state index contributed by atoms with van der Waals surface area (Å²) in [5.41, 5.74) is 2.71. The van der Waals surface area contributed by atoms with Crippen LogP contribution in [0.5, 0.6) is 0 Å². The van der Waals surface area contributed by atoms with E-state index in [1.54, 1.807) is 17.0 Å². The topological polar surface area (TPSA) is 60.9 Å². The minimum absolute atomic E-state index is 0.0316. The van der Waals surface area contributed by atoms with Crippen molar-refractivity contribution in [2.75, 3.05) is 18.0 Å². The zero-order valence-corrected chi connectivity index (χ0v) is 21.4. The summed E-state index contributed by atoms with van der Waals surface area (Å²) >= 11 is 0. The molecule has 4 rings (SSSR count). The Bertz CT molecular complexity index is 1050. The number of benzene rings is 2. The van der Waals surface area contributed by atoms with Gasteiger partial charge in [0.1, 0.15) is 6.04 Å². The first kappa shape index (κ1) is 25.1. The molecule has 0 spiro atoms. The van der Waals surface area contributed by atoms with E-state index in [0.29, 0.717) is 12.1 Å². The number of anilines is 1. The van der Waals surface area contributed by atoms with Crippen LogP contribution < -0.4 is 4.90 Å². The van der Waals surface area contributed by atoms with E-state index < -0.39 is 6.04 Å². The largest absolute Gasteiger partial charge is 0.327 e. The Morgan fingerprint density at radius 2 is 1.60 bits per heavy atom. The number of amides is 3. The fourth-order valence-electron chi connectivity index (χ4n) is 5.17. The number of nitrogens with zero attached hydrogens (tertiary/aromatic N) is 3. The Morgan fingerprint density at radius 3 is 2.20 bits per heavy atom. The maximum atomic E-state index is 13.6. The van der Waals surface area contributed by atoms with Crippen molar-refractivity contribution in [2.45, 2.75) is 72.0 Å². The third-order valence-electron chi connectivity index (χ3n) is 6.92. The Morgan fingerprint density at radius 1 is 0.971 bits per heavy atom. The van der Waals surface area contributed by atoms with Crippen LogP contribution in [0.1, 0.15) is 57.6 Å². The van der Waals surface area contributed by atoms with E-state index in [0.717, 1.165) is 38.0 Å². The third kappa shape index (κ3) is 5.99. The Kier molecular flexibility index (Phi) is 7.41. The molecule has 6 heteroatoms. The molecular formula is C29H37N3O3. The predicted octanol–water partition coefficient (Wildman–Crippen LogP) is 4.56. The van der Waals surface area contributed by atoms with Crippen molar-refractivity contribution in [3.63, 3.8) is 0 Å². The molecule has 35 heavy (non-hydrogen) atoms. The van der Waals surface area contributed by atoms with Crippen molar-refractivity contribution in [1.29, 1.82) is 0 Å². The van der Waals surface area contributed by atoms with Crippen molar-refractivity contribution < 1.29 is 14.4 Å². The van der Waals surface area contributed by atoms with Gasteiger partial charge in [0.25, 0.3) is 5.91 Å². The van der Waals surface area contributed by atoms with Gasteiger partial charge in [0.15, 0.2) is 0 Å². The van der Waals surface area contributed by atoms with Crippen LogP contribution in [0.2, 0.25) is 0 Å². The van der Waals surface area contributed by atoms with Crippen LogP contribution in [0.3, 0.4) is 0 Å². The minimum atomic E-state index is -0.732. The number of likely N-dealkylation sites (tertiary alicyclic amines) is 1. The van der Waals surface area contributed by atoms with Crippen LogP contribution in [-0.4, -0.2) is 52.7 Å². The van der Waals surface area contributed by atoms with E-state index in [9.17, 15) is 14.4 Å². The van der Waals surface area contributed by atoms with E-state index >= 15 is 0 Å². The quantitative estimate of drug-likeness (QED) is 0.575. The highest BCUT2D eigenvalue weighted by Gasteiger charge is 2.47. The Hall–Kier alpha value is -2.99. The second kappa shape index (κ2) is 10.3. The molecule has 1 atom stereocenters. The van der Waals surface area contributed by atoms with E-state index in [4.69, 9.17) is 0 Å². The molecule has 1 unspecified atom stereocenters. The van der Waals surface area contributed by atoms with Gasteiger partial charge in [-0.15, -0.1) is 0 Å². The maximum Gasteiger partial charge on any atom is 0.257 e. The SMILES string of the molecule is Cc1ccc(N2C(=O)CC(N(C(=O)CC(C)(C)C)C3CCN(Cc4ccccc4)CC3)C2=O)cc1. The fourth-order valence-corrected chi connectivity index (χ4v) is 5.17. The molecule has 2 aliphatic heterocycles. The lowest BCUT2D eigenvalue weighted by Gasteiger charge is -2.41. The number of rotatable bonds is 6. The molecule has 2 fully saturated rings. The average Bonchev–Trinajstić information content (AvgIpc) is 3.09. The van der Waals surface area contributed by atoms with Gasteiger partial charge in [-0.2, -0.15) is 0 Å². The van der Waals surface area contributed by atoms with Crippen molar-refractivity contribution in [2.24, 2.45) is 5.41 Å². The number of carbonyl (C=O) groups excluding carboxylic acids is 3. The van der Waals surface area contributed by atoms with Crippen LogP contribution in [0.4, 0.5) is 5.69 Å². The second-order valence-electron chi connectivity index (χ2n) is 11.2. The highest BCUT2D eigenvalue weighted by Crippen LogP contribution is 2.32. The first-order valence-electron chi connectivity index (χ1n) is 12.6. The van der Waals surface area contributed by atoms with Gasteiger partial charge in [0.05, 0.1) is 12.1 Å². The lowest BCUT2D eigenvalue weighted by atomic mass is 9.90. The van der Waals surface area contributed by atoms with Crippen molar-refractivity contribution in [3.8, 4) is 0 Å². The van der Waals surface area contributed by atoms with Crippen LogP contribution in [0.25, 0.3) is 0 Å². The Labute approximate surface area is 208 Å². The van der Waals surface area contributed by atoms with Gasteiger partial charge in [-0.3, -0.25) is 19.3 Å². The molecule has 2 aromatic carbocycles. The minimum Gasteiger partial charge on any atom is -0.327 e. The van der Waals surface area contributed by atoms with Gasteiger partial charge in [0.2, 0.25) is 11.8 Å². The molecule has 0 bridgehead atoms. The smallest absolute Gasteiger partial charge is 0.257 e. The standard InChI is InChI=1S/C29H37N3O3/c1-21-10-12-23(13-11-21)32-26(33)18-25(28(32)35)31(27(34)19-29(2,3)4)24-14-16-30(17-15-24)20-22-8-6-5-7-9-22/h5-13,24-25H,14-20H2,1-4H3. The van der Waals surface area contributed by atoms with Crippen LogP contribution in [0.15, 0.2) is 54.6 Å². The average molecular weight is 476 g/mol. The number of carbonyl (C=O) groups is 3. The second-order valence-corrected chi connectivity index (χ2v) is 11.2. The molecule has 2 aliphatic rings. The van der Waals surface area contributed by atoms with Gasteiger partial charge >= 0.3 is 0 Å². The molecule has 0 N–H and O–H groups in total. The lowest BCUT2D eigenvalue weighted by molar-refractivity contribution is -0.143. The highest BCUT2D eigenvalue weighted by molar-refractivity contribution is 6.23. The molecule has 0 radical (unpaired) electrons.